The smallest absolute Gasteiger partial charge is 0.207 e. The molecule has 1 aliphatic carbocycles. The highest BCUT2D eigenvalue weighted by Gasteiger charge is 2.39. The van der Waals surface area contributed by atoms with Crippen LogP contribution in [0, 0.1) is 17.5 Å². The second-order valence-corrected chi connectivity index (χ2v) is 6.83. The fraction of sp³-hybridized carbons (Fsp3) is 0.364. The third-order valence-electron chi connectivity index (χ3n) is 5.24. The highest BCUT2D eigenvalue weighted by Crippen LogP contribution is 2.49. The van der Waals surface area contributed by atoms with E-state index in [9.17, 15) is 13.2 Å². The van der Waals surface area contributed by atoms with Crippen LogP contribution in [0.2, 0.25) is 0 Å². The van der Waals surface area contributed by atoms with E-state index in [2.05, 4.69) is 0 Å². The maximum Gasteiger partial charge on any atom is 0.207 e. The van der Waals surface area contributed by atoms with E-state index in [1.807, 2.05) is 12.1 Å². The van der Waals surface area contributed by atoms with Crippen LogP contribution in [0.5, 0.6) is 17.2 Å². The van der Waals surface area contributed by atoms with E-state index in [0.29, 0.717) is 25.0 Å². The quantitative estimate of drug-likeness (QED) is 0.663. The van der Waals surface area contributed by atoms with Gasteiger partial charge in [0.1, 0.15) is 6.10 Å². The molecular formula is C22H21F3O3. The van der Waals surface area contributed by atoms with Crippen LogP contribution in [0.4, 0.5) is 13.2 Å². The summed E-state index contributed by atoms with van der Waals surface area (Å²) in [5.74, 6) is -2.19. The summed E-state index contributed by atoms with van der Waals surface area (Å²) in [6.45, 7) is 4.11. The molecular weight excluding hydrogens is 369 g/mol. The third-order valence-corrected chi connectivity index (χ3v) is 5.24. The molecule has 0 fully saturated rings. The number of ether oxygens (including phenoxy) is 3. The van der Waals surface area contributed by atoms with Crippen LogP contribution in [-0.2, 0) is 0 Å². The van der Waals surface area contributed by atoms with Crippen molar-refractivity contribution in [1.82, 2.24) is 0 Å². The van der Waals surface area contributed by atoms with E-state index in [1.165, 1.54) is 12.1 Å². The van der Waals surface area contributed by atoms with Gasteiger partial charge in [0.2, 0.25) is 11.6 Å². The number of hydrogen-bond acceptors (Lipinski definition) is 3. The lowest BCUT2D eigenvalue weighted by Gasteiger charge is -2.25. The van der Waals surface area contributed by atoms with Crippen LogP contribution >= 0.6 is 0 Å². The highest BCUT2D eigenvalue weighted by molar-refractivity contribution is 5.69. The zero-order chi connectivity index (χ0) is 19.8. The highest BCUT2D eigenvalue weighted by atomic mass is 19.2. The normalized spacial score (nSPS) is 20.1. The standard InChI is InChI=1S/C22H21F3O3/c1-3-26-16-9-7-13(19(23)20(16)24)12-5-6-14-15-8-10-17(27-4-2)21(25)22(15)28-18(14)11-12/h5,7-10,14,18H,3-4,6,11H2,1-2H3/t14-,18+/m0/s1. The molecule has 148 valence electrons. The Kier molecular flexibility index (Phi) is 4.96. The minimum absolute atomic E-state index is 0.0143. The molecule has 0 bridgehead atoms. The van der Waals surface area contributed by atoms with Gasteiger partial charge >= 0.3 is 0 Å². The predicted molar refractivity (Wildman–Crippen MR) is 99.5 cm³/mol. The van der Waals surface area contributed by atoms with Crippen molar-refractivity contribution >= 4 is 5.57 Å². The topological polar surface area (TPSA) is 27.7 Å². The molecule has 2 aliphatic rings. The molecule has 1 aliphatic heterocycles. The van der Waals surface area contributed by atoms with Gasteiger partial charge in [-0.3, -0.25) is 0 Å². The van der Waals surface area contributed by atoms with Gasteiger partial charge in [0.05, 0.1) is 13.2 Å². The van der Waals surface area contributed by atoms with E-state index < -0.39 is 17.5 Å². The summed E-state index contributed by atoms with van der Waals surface area (Å²) in [4.78, 5) is 0. The summed E-state index contributed by atoms with van der Waals surface area (Å²) in [7, 11) is 0. The Bertz CT molecular complexity index is 939. The number of hydrogen-bond donors (Lipinski definition) is 0. The summed E-state index contributed by atoms with van der Waals surface area (Å²) >= 11 is 0. The molecule has 0 saturated heterocycles. The van der Waals surface area contributed by atoms with Crippen LogP contribution in [-0.4, -0.2) is 19.3 Å². The molecule has 2 atom stereocenters. The minimum atomic E-state index is -0.995. The van der Waals surface area contributed by atoms with Gasteiger partial charge in [-0.15, -0.1) is 0 Å². The molecule has 0 saturated carbocycles. The summed E-state index contributed by atoms with van der Waals surface area (Å²) in [6.07, 6.45) is 2.49. The fourth-order valence-electron chi connectivity index (χ4n) is 3.96. The van der Waals surface area contributed by atoms with Gasteiger partial charge < -0.3 is 14.2 Å². The van der Waals surface area contributed by atoms with Crippen LogP contribution < -0.4 is 14.2 Å². The maximum absolute atomic E-state index is 14.7. The lowest BCUT2D eigenvalue weighted by molar-refractivity contribution is 0.198. The first-order chi connectivity index (χ1) is 13.5. The molecule has 0 spiro atoms. The Hall–Kier alpha value is -2.63. The van der Waals surface area contributed by atoms with Gasteiger partial charge in [0.25, 0.3) is 0 Å². The van der Waals surface area contributed by atoms with Gasteiger partial charge in [-0.2, -0.15) is 8.78 Å². The van der Waals surface area contributed by atoms with Gasteiger partial charge in [0.15, 0.2) is 23.1 Å². The van der Waals surface area contributed by atoms with Crippen molar-refractivity contribution in [3.05, 3.63) is 58.9 Å². The summed E-state index contributed by atoms with van der Waals surface area (Å²) in [5.41, 5.74) is 1.63. The maximum atomic E-state index is 14.7. The molecule has 0 unspecified atom stereocenters. The lowest BCUT2D eigenvalue weighted by Crippen LogP contribution is -2.22. The lowest BCUT2D eigenvalue weighted by atomic mass is 9.81. The third kappa shape index (κ3) is 3.01. The van der Waals surface area contributed by atoms with Gasteiger partial charge in [-0.1, -0.05) is 12.1 Å². The molecule has 2 aromatic rings. The molecule has 6 heteroatoms. The van der Waals surface area contributed by atoms with Gasteiger partial charge in [0, 0.05) is 23.5 Å². The number of benzene rings is 2. The van der Waals surface area contributed by atoms with E-state index in [0.717, 1.165) is 5.56 Å². The first kappa shape index (κ1) is 18.7. The van der Waals surface area contributed by atoms with Crippen LogP contribution in [0.1, 0.15) is 43.7 Å². The van der Waals surface area contributed by atoms with E-state index in [-0.39, 0.29) is 41.4 Å². The van der Waals surface area contributed by atoms with Crippen molar-refractivity contribution in [3.63, 3.8) is 0 Å². The zero-order valence-corrected chi connectivity index (χ0v) is 15.7. The van der Waals surface area contributed by atoms with Crippen LogP contribution in [0.25, 0.3) is 5.57 Å². The average Bonchev–Trinajstić information content (AvgIpc) is 3.07. The minimum Gasteiger partial charge on any atom is -0.491 e. The Morgan fingerprint density at radius 3 is 2.32 bits per heavy atom. The Balaban J connectivity index is 1.61. The monoisotopic (exact) mass is 390 g/mol. The number of allylic oxidation sites excluding steroid dienone is 1. The second-order valence-electron chi connectivity index (χ2n) is 6.83. The molecule has 0 amide bonds. The number of fused-ring (bicyclic) bond motifs is 3. The van der Waals surface area contributed by atoms with Crippen molar-refractivity contribution in [2.45, 2.75) is 38.7 Å². The Labute approximate surface area is 161 Å². The van der Waals surface area contributed by atoms with Crippen LogP contribution in [0.3, 0.4) is 0 Å². The van der Waals surface area contributed by atoms with E-state index in [1.54, 1.807) is 19.9 Å². The molecule has 3 nitrogen and oxygen atoms in total. The molecule has 4 rings (SSSR count). The molecule has 2 aromatic carbocycles. The largest absolute Gasteiger partial charge is 0.491 e. The van der Waals surface area contributed by atoms with Crippen molar-refractivity contribution in [1.29, 1.82) is 0 Å². The summed E-state index contributed by atoms with van der Waals surface area (Å²) < 4.78 is 59.7. The SMILES string of the molecule is CCOc1ccc(C2=CC[C@H]3c4ccc(OCC)c(F)c4O[C@@H]3C2)c(F)c1F. The average molecular weight is 390 g/mol. The van der Waals surface area contributed by atoms with E-state index >= 15 is 0 Å². The summed E-state index contributed by atoms with van der Waals surface area (Å²) in [5, 5.41) is 0. The number of rotatable bonds is 5. The first-order valence-corrected chi connectivity index (χ1v) is 9.47. The van der Waals surface area contributed by atoms with Crippen molar-refractivity contribution in [3.8, 4) is 17.2 Å². The molecule has 1 heterocycles. The molecule has 0 N–H and O–H groups in total. The summed E-state index contributed by atoms with van der Waals surface area (Å²) in [6, 6.07) is 6.39. The van der Waals surface area contributed by atoms with E-state index in [4.69, 9.17) is 14.2 Å². The molecule has 28 heavy (non-hydrogen) atoms. The van der Waals surface area contributed by atoms with Crippen molar-refractivity contribution < 1.29 is 27.4 Å². The Morgan fingerprint density at radius 1 is 0.929 bits per heavy atom. The van der Waals surface area contributed by atoms with Crippen molar-refractivity contribution in [2.24, 2.45) is 0 Å². The second kappa shape index (κ2) is 7.41. The van der Waals surface area contributed by atoms with Crippen molar-refractivity contribution in [2.75, 3.05) is 13.2 Å². The first-order valence-electron chi connectivity index (χ1n) is 9.47. The van der Waals surface area contributed by atoms with Gasteiger partial charge in [-0.25, -0.2) is 4.39 Å². The molecule has 0 aromatic heterocycles. The predicted octanol–water partition coefficient (Wildman–Crippen LogP) is 5.62. The zero-order valence-electron chi connectivity index (χ0n) is 15.7. The number of halogens is 3. The Morgan fingerprint density at radius 2 is 1.61 bits per heavy atom. The van der Waals surface area contributed by atoms with Crippen LogP contribution in [0.15, 0.2) is 30.3 Å². The fourth-order valence-corrected chi connectivity index (χ4v) is 3.96. The van der Waals surface area contributed by atoms with Gasteiger partial charge in [-0.05, 0) is 44.0 Å². The molecule has 0 radical (unpaired) electrons.